The van der Waals surface area contributed by atoms with Crippen LogP contribution in [0.25, 0.3) is 0 Å². The van der Waals surface area contributed by atoms with E-state index >= 15 is 0 Å². The van der Waals surface area contributed by atoms with Crippen molar-refractivity contribution in [2.75, 3.05) is 5.32 Å². The fourth-order valence-electron chi connectivity index (χ4n) is 1.51. The van der Waals surface area contributed by atoms with E-state index in [0.717, 1.165) is 11.3 Å². The highest BCUT2D eigenvalue weighted by Crippen LogP contribution is 2.29. The van der Waals surface area contributed by atoms with E-state index in [2.05, 4.69) is 21.2 Å². The number of nitrogens with one attached hydrogen (secondary N) is 1. The summed E-state index contributed by atoms with van der Waals surface area (Å²) < 4.78 is 0.677. The van der Waals surface area contributed by atoms with Crippen molar-refractivity contribution in [3.63, 3.8) is 0 Å². The van der Waals surface area contributed by atoms with Gasteiger partial charge in [-0.15, -0.1) is 0 Å². The molecule has 0 amide bonds. The molecule has 0 atom stereocenters. The second-order valence-corrected chi connectivity index (χ2v) is 5.40. The Morgan fingerprint density at radius 1 is 1.11 bits per heavy atom. The molecule has 5 heteroatoms. The van der Waals surface area contributed by atoms with Crippen LogP contribution in [-0.4, -0.2) is 5.11 Å². The first-order valence-electron chi connectivity index (χ1n) is 5.23. The second kappa shape index (κ2) is 5.83. The third kappa shape index (κ3) is 3.10. The first kappa shape index (κ1) is 13.5. The van der Waals surface area contributed by atoms with Crippen molar-refractivity contribution in [1.29, 1.82) is 0 Å². The van der Waals surface area contributed by atoms with E-state index in [-0.39, 0.29) is 5.75 Å². The lowest BCUT2D eigenvalue weighted by atomic mass is 10.2. The lowest BCUT2D eigenvalue weighted by Gasteiger charge is -2.09. The molecule has 0 aliphatic heterocycles. The van der Waals surface area contributed by atoms with Crippen molar-refractivity contribution in [1.82, 2.24) is 0 Å². The third-order valence-corrected chi connectivity index (χ3v) is 3.85. The van der Waals surface area contributed by atoms with E-state index in [0.29, 0.717) is 21.1 Å². The van der Waals surface area contributed by atoms with Gasteiger partial charge in [-0.3, -0.25) is 0 Å². The van der Waals surface area contributed by atoms with Gasteiger partial charge in [0.1, 0.15) is 5.75 Å². The average Bonchev–Trinajstić information content (AvgIpc) is 2.35. The zero-order valence-electron chi connectivity index (χ0n) is 9.25. The molecule has 0 saturated carbocycles. The SMILES string of the molecule is Oc1c(Br)cccc1CNc1ccc(Cl)c(Cl)c1. The summed E-state index contributed by atoms with van der Waals surface area (Å²) >= 11 is 15.0. The van der Waals surface area contributed by atoms with Crippen molar-refractivity contribution in [2.45, 2.75) is 6.54 Å². The van der Waals surface area contributed by atoms with Gasteiger partial charge in [0.05, 0.1) is 14.5 Å². The number of benzene rings is 2. The molecule has 0 radical (unpaired) electrons. The Hall–Kier alpha value is -0.900. The van der Waals surface area contributed by atoms with Gasteiger partial charge in [0.25, 0.3) is 0 Å². The van der Waals surface area contributed by atoms with Crippen LogP contribution in [0, 0.1) is 0 Å². The van der Waals surface area contributed by atoms with E-state index in [1.54, 1.807) is 18.2 Å². The van der Waals surface area contributed by atoms with Gasteiger partial charge in [0.15, 0.2) is 0 Å². The summed E-state index contributed by atoms with van der Waals surface area (Å²) in [6, 6.07) is 10.8. The van der Waals surface area contributed by atoms with Crippen molar-refractivity contribution >= 4 is 44.8 Å². The molecule has 0 bridgehead atoms. The molecule has 2 rings (SSSR count). The predicted octanol–water partition coefficient (Wildman–Crippen LogP) is 5.07. The van der Waals surface area contributed by atoms with E-state index in [4.69, 9.17) is 23.2 Å². The number of aromatic hydroxyl groups is 1. The monoisotopic (exact) mass is 345 g/mol. The van der Waals surface area contributed by atoms with E-state index < -0.39 is 0 Å². The maximum absolute atomic E-state index is 9.84. The molecule has 18 heavy (non-hydrogen) atoms. The molecule has 0 fully saturated rings. The maximum Gasteiger partial charge on any atom is 0.134 e. The van der Waals surface area contributed by atoms with Crippen LogP contribution in [0.5, 0.6) is 5.75 Å². The van der Waals surface area contributed by atoms with E-state index in [1.165, 1.54) is 0 Å². The van der Waals surface area contributed by atoms with Gasteiger partial charge in [0, 0.05) is 17.8 Å². The molecule has 2 N–H and O–H groups in total. The predicted molar refractivity (Wildman–Crippen MR) is 79.6 cm³/mol. The minimum absolute atomic E-state index is 0.241. The number of hydrogen-bond acceptors (Lipinski definition) is 2. The first-order chi connectivity index (χ1) is 8.58. The molecular formula is C13H10BrCl2NO. The lowest BCUT2D eigenvalue weighted by molar-refractivity contribution is 0.465. The summed E-state index contributed by atoms with van der Waals surface area (Å²) in [5.41, 5.74) is 1.65. The van der Waals surface area contributed by atoms with Crippen LogP contribution in [0.3, 0.4) is 0 Å². The molecule has 0 aliphatic rings. The third-order valence-electron chi connectivity index (χ3n) is 2.47. The molecule has 2 nitrogen and oxygen atoms in total. The quantitative estimate of drug-likeness (QED) is 0.812. The number of anilines is 1. The number of hydrogen-bond donors (Lipinski definition) is 2. The molecular weight excluding hydrogens is 337 g/mol. The van der Waals surface area contributed by atoms with Crippen molar-refractivity contribution in [3.05, 3.63) is 56.5 Å². The number of para-hydroxylation sites is 1. The Morgan fingerprint density at radius 2 is 1.89 bits per heavy atom. The number of phenols is 1. The molecule has 0 aliphatic carbocycles. The summed E-state index contributed by atoms with van der Waals surface area (Å²) in [4.78, 5) is 0. The Morgan fingerprint density at radius 3 is 2.61 bits per heavy atom. The van der Waals surface area contributed by atoms with E-state index in [9.17, 15) is 5.11 Å². The minimum Gasteiger partial charge on any atom is -0.506 e. The molecule has 2 aromatic carbocycles. The highest BCUT2D eigenvalue weighted by molar-refractivity contribution is 9.10. The van der Waals surface area contributed by atoms with Gasteiger partial charge < -0.3 is 10.4 Å². The summed E-state index contributed by atoms with van der Waals surface area (Å²) in [6.45, 7) is 0.503. The standard InChI is InChI=1S/C13H10BrCl2NO/c14-10-3-1-2-8(13(10)18)7-17-9-4-5-11(15)12(16)6-9/h1-6,17-18H,7H2. The van der Waals surface area contributed by atoms with Crippen LogP contribution in [0.4, 0.5) is 5.69 Å². The van der Waals surface area contributed by atoms with Crippen LogP contribution >= 0.6 is 39.1 Å². The Kier molecular flexibility index (Phi) is 4.38. The summed E-state index contributed by atoms with van der Waals surface area (Å²) in [5.74, 6) is 0.241. The van der Waals surface area contributed by atoms with Crippen molar-refractivity contribution < 1.29 is 5.11 Å². The van der Waals surface area contributed by atoms with Crippen molar-refractivity contribution in [2.24, 2.45) is 0 Å². The van der Waals surface area contributed by atoms with Crippen LogP contribution in [-0.2, 0) is 6.54 Å². The van der Waals surface area contributed by atoms with E-state index in [1.807, 2.05) is 18.2 Å². The number of halogens is 3. The van der Waals surface area contributed by atoms with Crippen LogP contribution in [0.1, 0.15) is 5.56 Å². The maximum atomic E-state index is 9.84. The van der Waals surface area contributed by atoms with Gasteiger partial charge >= 0.3 is 0 Å². The largest absolute Gasteiger partial charge is 0.506 e. The normalized spacial score (nSPS) is 10.4. The molecule has 0 aromatic heterocycles. The topological polar surface area (TPSA) is 32.3 Å². The Bertz CT molecular complexity index is 575. The van der Waals surface area contributed by atoms with Gasteiger partial charge in [0.2, 0.25) is 0 Å². The smallest absolute Gasteiger partial charge is 0.134 e. The second-order valence-electron chi connectivity index (χ2n) is 3.73. The Balaban J connectivity index is 2.11. The molecule has 0 unspecified atom stereocenters. The minimum atomic E-state index is 0.241. The van der Waals surface area contributed by atoms with Crippen LogP contribution in [0.2, 0.25) is 10.0 Å². The van der Waals surface area contributed by atoms with Crippen LogP contribution < -0.4 is 5.32 Å². The molecule has 94 valence electrons. The number of phenolic OH excluding ortho intramolecular Hbond substituents is 1. The molecule has 0 spiro atoms. The highest BCUT2D eigenvalue weighted by Gasteiger charge is 2.05. The number of rotatable bonds is 3. The molecule has 0 saturated heterocycles. The Labute approximate surface area is 124 Å². The lowest BCUT2D eigenvalue weighted by Crippen LogP contribution is -1.99. The fraction of sp³-hybridized carbons (Fsp3) is 0.0769. The highest BCUT2D eigenvalue weighted by atomic mass is 79.9. The summed E-state index contributed by atoms with van der Waals surface area (Å²) in [6.07, 6.45) is 0. The van der Waals surface area contributed by atoms with Crippen LogP contribution in [0.15, 0.2) is 40.9 Å². The molecule has 2 aromatic rings. The van der Waals surface area contributed by atoms with Gasteiger partial charge in [-0.2, -0.15) is 0 Å². The first-order valence-corrected chi connectivity index (χ1v) is 6.78. The summed E-state index contributed by atoms with van der Waals surface area (Å²) in [7, 11) is 0. The van der Waals surface area contributed by atoms with Gasteiger partial charge in [-0.1, -0.05) is 35.3 Å². The zero-order valence-corrected chi connectivity index (χ0v) is 12.4. The fourth-order valence-corrected chi connectivity index (χ4v) is 2.21. The zero-order chi connectivity index (χ0) is 13.1. The molecule has 0 heterocycles. The summed E-state index contributed by atoms with van der Waals surface area (Å²) in [5, 5.41) is 14.0. The van der Waals surface area contributed by atoms with Crippen molar-refractivity contribution in [3.8, 4) is 5.75 Å². The van der Waals surface area contributed by atoms with Gasteiger partial charge in [-0.05, 0) is 40.2 Å². The average molecular weight is 347 g/mol. The van der Waals surface area contributed by atoms with Gasteiger partial charge in [-0.25, -0.2) is 0 Å².